The quantitative estimate of drug-likeness (QED) is 0.919. The molecule has 0 spiro atoms. The van der Waals surface area contributed by atoms with E-state index in [1.54, 1.807) is 11.5 Å². The Labute approximate surface area is 133 Å². The largest absolute Gasteiger partial charge is 0.334 e. The number of nitrogens with zero attached hydrogens (tertiary/aromatic N) is 3. The number of aromatic nitrogens is 3. The number of hydrogen-bond donors (Lipinski definition) is 1. The first-order chi connectivity index (χ1) is 9.70. The van der Waals surface area contributed by atoms with Crippen LogP contribution in [0.5, 0.6) is 0 Å². The number of sulfonamides is 1. The molecule has 0 atom stereocenters. The molecule has 0 aliphatic carbocycles. The zero-order valence-corrected chi connectivity index (χ0v) is 14.0. The van der Waals surface area contributed by atoms with Crippen molar-refractivity contribution in [3.63, 3.8) is 0 Å². The lowest BCUT2D eigenvalue weighted by molar-refractivity contribution is 0.591. The van der Waals surface area contributed by atoms with Gasteiger partial charge in [0.05, 0.1) is 22.1 Å². The van der Waals surface area contributed by atoms with E-state index in [-0.39, 0.29) is 21.9 Å². The molecule has 1 N–H and O–H groups in total. The Morgan fingerprint density at radius 2 is 1.95 bits per heavy atom. The summed E-state index contributed by atoms with van der Waals surface area (Å²) in [6.07, 6.45) is 2.91. The second-order valence-electron chi connectivity index (χ2n) is 4.74. The smallest absolute Gasteiger partial charge is 0.282 e. The van der Waals surface area contributed by atoms with Gasteiger partial charge < -0.3 is 4.57 Å². The molecule has 0 saturated carbocycles. The zero-order valence-electron chi connectivity index (χ0n) is 11.6. The van der Waals surface area contributed by atoms with E-state index in [0.29, 0.717) is 10.7 Å². The van der Waals surface area contributed by atoms with Crippen molar-refractivity contribution in [3.8, 4) is 0 Å². The van der Waals surface area contributed by atoms with E-state index in [2.05, 4.69) is 14.7 Å². The fraction of sp³-hybridized carbons (Fsp3) is 0.333. The third-order valence-electron chi connectivity index (χ3n) is 2.79. The molecule has 2 aromatic heterocycles. The van der Waals surface area contributed by atoms with Crippen LogP contribution in [0.2, 0.25) is 10.0 Å². The van der Waals surface area contributed by atoms with Gasteiger partial charge in [0.15, 0.2) is 10.8 Å². The molecular formula is C12H14Cl2N4O2S. The Hall–Kier alpha value is -1.31. The predicted octanol–water partition coefficient (Wildman–Crippen LogP) is 3.28. The number of halogens is 2. The van der Waals surface area contributed by atoms with E-state index in [1.165, 1.54) is 18.6 Å². The normalized spacial score (nSPS) is 11.9. The summed E-state index contributed by atoms with van der Waals surface area (Å²) in [5, 5.41) is 0.395. The van der Waals surface area contributed by atoms with Crippen LogP contribution in [0.15, 0.2) is 23.6 Å². The minimum absolute atomic E-state index is 0.0256. The van der Waals surface area contributed by atoms with Gasteiger partial charge in [0.25, 0.3) is 10.0 Å². The number of hydrogen-bond acceptors (Lipinski definition) is 4. The van der Waals surface area contributed by atoms with Crippen LogP contribution in [0.25, 0.3) is 0 Å². The van der Waals surface area contributed by atoms with Crippen molar-refractivity contribution in [2.75, 3.05) is 4.72 Å². The molecule has 0 amide bonds. The lowest BCUT2D eigenvalue weighted by Gasteiger charge is -2.09. The van der Waals surface area contributed by atoms with Crippen LogP contribution in [0.3, 0.4) is 0 Å². The molecule has 0 bridgehead atoms. The summed E-state index contributed by atoms with van der Waals surface area (Å²) < 4.78 is 28.5. The Bertz CT molecular complexity index is 772. The van der Waals surface area contributed by atoms with Crippen LogP contribution in [0, 0.1) is 6.92 Å². The third-order valence-corrected chi connectivity index (χ3v) is 4.68. The van der Waals surface area contributed by atoms with Gasteiger partial charge in [-0.05, 0) is 26.8 Å². The van der Waals surface area contributed by atoms with Crippen molar-refractivity contribution >= 4 is 39.0 Å². The Morgan fingerprint density at radius 3 is 2.52 bits per heavy atom. The van der Waals surface area contributed by atoms with Crippen LogP contribution in [0.4, 0.5) is 5.82 Å². The Morgan fingerprint density at radius 1 is 1.29 bits per heavy atom. The molecule has 114 valence electrons. The van der Waals surface area contributed by atoms with E-state index >= 15 is 0 Å². The monoisotopic (exact) mass is 348 g/mol. The average Bonchev–Trinajstić information content (AvgIpc) is 2.86. The fourth-order valence-corrected chi connectivity index (χ4v) is 2.97. The molecular weight excluding hydrogens is 335 g/mol. The van der Waals surface area contributed by atoms with Crippen molar-refractivity contribution in [1.82, 2.24) is 14.5 Å². The van der Waals surface area contributed by atoms with E-state index in [1.807, 2.05) is 13.8 Å². The first kappa shape index (κ1) is 16.1. The van der Waals surface area contributed by atoms with E-state index in [4.69, 9.17) is 23.2 Å². The molecule has 0 aliphatic rings. The van der Waals surface area contributed by atoms with Crippen molar-refractivity contribution in [3.05, 3.63) is 34.3 Å². The van der Waals surface area contributed by atoms with Gasteiger partial charge in [-0.25, -0.2) is 9.97 Å². The molecule has 9 heteroatoms. The first-order valence-corrected chi connectivity index (χ1v) is 8.33. The van der Waals surface area contributed by atoms with E-state index in [9.17, 15) is 8.42 Å². The van der Waals surface area contributed by atoms with Crippen LogP contribution in [-0.2, 0) is 10.0 Å². The highest BCUT2D eigenvalue weighted by atomic mass is 35.5. The average molecular weight is 349 g/mol. The number of imidazole rings is 1. The molecule has 0 aliphatic heterocycles. The number of anilines is 1. The summed E-state index contributed by atoms with van der Waals surface area (Å²) in [5.74, 6) is 0.0256. The van der Waals surface area contributed by atoms with Crippen molar-refractivity contribution in [2.45, 2.75) is 31.8 Å². The molecule has 2 heterocycles. The van der Waals surface area contributed by atoms with Gasteiger partial charge >= 0.3 is 0 Å². The third kappa shape index (κ3) is 3.48. The molecule has 21 heavy (non-hydrogen) atoms. The summed E-state index contributed by atoms with van der Waals surface area (Å²) in [6, 6.07) is 1.55. The minimum atomic E-state index is -3.85. The second kappa shape index (κ2) is 5.82. The number of aryl methyl sites for hydroxylation is 1. The molecule has 2 rings (SSSR count). The lowest BCUT2D eigenvalue weighted by Crippen LogP contribution is -2.15. The lowest BCUT2D eigenvalue weighted by atomic mass is 10.4. The maximum absolute atomic E-state index is 12.3. The second-order valence-corrected chi connectivity index (χ2v) is 7.19. The summed E-state index contributed by atoms with van der Waals surface area (Å²) in [5.41, 5.74) is 0.478. The van der Waals surface area contributed by atoms with Gasteiger partial charge in [0.1, 0.15) is 0 Å². The highest BCUT2D eigenvalue weighted by Crippen LogP contribution is 2.27. The topological polar surface area (TPSA) is 76.9 Å². The van der Waals surface area contributed by atoms with Gasteiger partial charge in [0, 0.05) is 12.2 Å². The molecule has 0 saturated heterocycles. The number of pyridine rings is 1. The molecule has 0 fully saturated rings. The molecule has 0 aromatic carbocycles. The van der Waals surface area contributed by atoms with Gasteiger partial charge in [-0.3, -0.25) is 4.72 Å². The summed E-state index contributed by atoms with van der Waals surface area (Å²) in [4.78, 5) is 7.93. The maximum Gasteiger partial charge on any atom is 0.282 e. The van der Waals surface area contributed by atoms with Crippen molar-refractivity contribution in [1.29, 1.82) is 0 Å². The highest BCUT2D eigenvalue weighted by molar-refractivity contribution is 7.92. The van der Waals surface area contributed by atoms with Crippen LogP contribution < -0.4 is 4.72 Å². The highest BCUT2D eigenvalue weighted by Gasteiger charge is 2.20. The van der Waals surface area contributed by atoms with Crippen molar-refractivity contribution in [2.24, 2.45) is 0 Å². The standard InChI is InChI=1S/C12H14Cl2N4O2S/c1-7(2)18-5-11(15-6-18)21(19,20)17-12-10(14)4-9(13)8(3)16-12/h4-7H,1-3H3,(H,16,17). The van der Waals surface area contributed by atoms with Crippen LogP contribution in [0.1, 0.15) is 25.6 Å². The summed E-state index contributed by atoms with van der Waals surface area (Å²) in [6.45, 7) is 5.50. The maximum atomic E-state index is 12.3. The number of nitrogens with one attached hydrogen (secondary N) is 1. The predicted molar refractivity (Wildman–Crippen MR) is 82.4 cm³/mol. The van der Waals surface area contributed by atoms with Gasteiger partial charge in [-0.1, -0.05) is 23.2 Å². The SMILES string of the molecule is Cc1nc(NS(=O)(=O)c2cn(C(C)C)cn2)c(Cl)cc1Cl. The minimum Gasteiger partial charge on any atom is -0.334 e. The van der Waals surface area contributed by atoms with Crippen LogP contribution in [-0.4, -0.2) is 23.0 Å². The van der Waals surface area contributed by atoms with Gasteiger partial charge in [-0.15, -0.1) is 0 Å². The van der Waals surface area contributed by atoms with Gasteiger partial charge in [-0.2, -0.15) is 8.42 Å². The van der Waals surface area contributed by atoms with Crippen molar-refractivity contribution < 1.29 is 8.42 Å². The van der Waals surface area contributed by atoms with Gasteiger partial charge in [0.2, 0.25) is 0 Å². The summed E-state index contributed by atoms with van der Waals surface area (Å²) in [7, 11) is -3.85. The molecule has 2 aromatic rings. The Balaban J connectivity index is 2.35. The molecule has 0 unspecified atom stereocenters. The Kier molecular flexibility index (Phi) is 4.46. The summed E-state index contributed by atoms with van der Waals surface area (Å²) >= 11 is 11.8. The van der Waals surface area contributed by atoms with Crippen LogP contribution >= 0.6 is 23.2 Å². The number of rotatable bonds is 4. The van der Waals surface area contributed by atoms with E-state index in [0.717, 1.165) is 0 Å². The fourth-order valence-electron chi connectivity index (χ4n) is 1.55. The molecule has 0 radical (unpaired) electrons. The zero-order chi connectivity index (χ0) is 15.8. The molecule has 6 nitrogen and oxygen atoms in total. The first-order valence-electron chi connectivity index (χ1n) is 6.09. The van der Waals surface area contributed by atoms with E-state index < -0.39 is 10.0 Å².